The standard InChI is InChI=1S/C21H26.C2H2O3/c1-20(2,3)18-12-11-16-15-10-8-7-9-14(15)13-17(16)19(18)21(4,5)6;3-2-4-1-5-2/h7-12H,13H2,1-6H3;1H2. The van der Waals surface area contributed by atoms with Crippen molar-refractivity contribution in [2.75, 3.05) is 6.79 Å². The zero-order chi connectivity index (χ0) is 19.1. The lowest BCUT2D eigenvalue weighted by molar-refractivity contribution is -0.102. The quantitative estimate of drug-likeness (QED) is 0.468. The van der Waals surface area contributed by atoms with Gasteiger partial charge in [0.25, 0.3) is 0 Å². The predicted octanol–water partition coefficient (Wildman–Crippen LogP) is 5.96. The van der Waals surface area contributed by atoms with E-state index in [1.807, 2.05) is 0 Å². The number of ether oxygens (including phenoxy) is 2. The van der Waals surface area contributed by atoms with Crippen molar-refractivity contribution in [2.24, 2.45) is 0 Å². The second kappa shape index (κ2) is 6.46. The van der Waals surface area contributed by atoms with Gasteiger partial charge in [-0.1, -0.05) is 77.9 Å². The molecule has 0 amide bonds. The van der Waals surface area contributed by atoms with Crippen molar-refractivity contribution in [1.29, 1.82) is 0 Å². The van der Waals surface area contributed by atoms with Crippen molar-refractivity contribution in [2.45, 2.75) is 58.8 Å². The Hall–Kier alpha value is -2.29. The molecule has 3 nitrogen and oxygen atoms in total. The number of carbonyl (C=O) groups excluding carboxylic acids is 1. The Morgan fingerprint density at radius 3 is 1.92 bits per heavy atom. The van der Waals surface area contributed by atoms with Crippen molar-refractivity contribution < 1.29 is 14.3 Å². The fourth-order valence-electron chi connectivity index (χ4n) is 3.80. The van der Waals surface area contributed by atoms with Crippen molar-refractivity contribution in [3.05, 3.63) is 58.7 Å². The molecule has 0 bridgehead atoms. The van der Waals surface area contributed by atoms with Gasteiger partial charge in [-0.05, 0) is 50.6 Å². The maximum atomic E-state index is 9.45. The van der Waals surface area contributed by atoms with Crippen LogP contribution in [0.4, 0.5) is 4.79 Å². The lowest BCUT2D eigenvalue weighted by Gasteiger charge is -2.32. The van der Waals surface area contributed by atoms with Gasteiger partial charge in [-0.2, -0.15) is 0 Å². The lowest BCUT2D eigenvalue weighted by atomic mass is 9.72. The zero-order valence-corrected chi connectivity index (χ0v) is 16.6. The molecule has 0 radical (unpaired) electrons. The molecule has 0 aromatic heterocycles. The predicted molar refractivity (Wildman–Crippen MR) is 105 cm³/mol. The smallest absolute Gasteiger partial charge is 0.396 e. The molecule has 1 saturated heterocycles. The molecule has 2 aliphatic rings. The third-order valence-electron chi connectivity index (χ3n) is 4.90. The van der Waals surface area contributed by atoms with E-state index in [-0.39, 0.29) is 17.6 Å². The molecule has 0 unspecified atom stereocenters. The molecule has 26 heavy (non-hydrogen) atoms. The van der Waals surface area contributed by atoms with Crippen LogP contribution in [0.15, 0.2) is 36.4 Å². The van der Waals surface area contributed by atoms with Gasteiger partial charge < -0.3 is 9.47 Å². The van der Waals surface area contributed by atoms with E-state index >= 15 is 0 Å². The zero-order valence-electron chi connectivity index (χ0n) is 16.6. The summed E-state index contributed by atoms with van der Waals surface area (Å²) in [5, 5.41) is 0. The van der Waals surface area contributed by atoms with Gasteiger partial charge in [-0.3, -0.25) is 0 Å². The number of rotatable bonds is 0. The van der Waals surface area contributed by atoms with Gasteiger partial charge in [0.05, 0.1) is 0 Å². The summed E-state index contributed by atoms with van der Waals surface area (Å²) in [6.45, 7) is 14.2. The Kier molecular flexibility index (Phi) is 4.60. The topological polar surface area (TPSA) is 35.5 Å². The Bertz CT molecular complexity index is 830. The molecule has 0 saturated carbocycles. The van der Waals surface area contributed by atoms with Gasteiger partial charge in [-0.25, -0.2) is 4.79 Å². The number of hydrogen-bond donors (Lipinski definition) is 0. The van der Waals surface area contributed by atoms with E-state index in [0.29, 0.717) is 0 Å². The molecule has 1 aliphatic heterocycles. The molecular weight excluding hydrogens is 324 g/mol. The summed E-state index contributed by atoms with van der Waals surface area (Å²) in [5.41, 5.74) is 9.33. The van der Waals surface area contributed by atoms with E-state index in [1.54, 1.807) is 11.1 Å². The third-order valence-corrected chi connectivity index (χ3v) is 4.90. The van der Waals surface area contributed by atoms with Gasteiger partial charge in [0.2, 0.25) is 6.79 Å². The van der Waals surface area contributed by atoms with E-state index in [9.17, 15) is 4.79 Å². The highest BCUT2D eigenvalue weighted by Gasteiger charge is 2.31. The molecule has 1 fully saturated rings. The minimum absolute atomic E-state index is 0.138. The van der Waals surface area contributed by atoms with Gasteiger partial charge in [0.1, 0.15) is 0 Å². The first-order chi connectivity index (χ1) is 12.1. The molecule has 1 aliphatic carbocycles. The Balaban J connectivity index is 0.000000339. The first-order valence-corrected chi connectivity index (χ1v) is 9.13. The minimum Gasteiger partial charge on any atom is -0.396 e. The van der Waals surface area contributed by atoms with Crippen LogP contribution < -0.4 is 0 Å². The van der Waals surface area contributed by atoms with Crippen LogP contribution in [0.3, 0.4) is 0 Å². The molecule has 138 valence electrons. The molecule has 0 atom stereocenters. The summed E-state index contributed by atoms with van der Waals surface area (Å²) < 4.78 is 8.14. The van der Waals surface area contributed by atoms with Crippen LogP contribution >= 0.6 is 0 Å². The average Bonchev–Trinajstić information content (AvgIpc) is 2.89. The molecule has 3 heteroatoms. The van der Waals surface area contributed by atoms with E-state index in [2.05, 4.69) is 87.4 Å². The number of cyclic esters (lactones) is 2. The van der Waals surface area contributed by atoms with Crippen LogP contribution in [0, 0.1) is 0 Å². The summed E-state index contributed by atoms with van der Waals surface area (Å²) in [5.74, 6) is 0. The highest BCUT2D eigenvalue weighted by atomic mass is 16.9. The molecule has 0 N–H and O–H groups in total. The highest BCUT2D eigenvalue weighted by molar-refractivity contribution is 5.79. The average molecular weight is 352 g/mol. The first kappa shape index (κ1) is 18.5. The van der Waals surface area contributed by atoms with Crippen molar-refractivity contribution in [3.63, 3.8) is 0 Å². The van der Waals surface area contributed by atoms with Crippen molar-refractivity contribution in [1.82, 2.24) is 0 Å². The van der Waals surface area contributed by atoms with Crippen molar-refractivity contribution in [3.8, 4) is 11.1 Å². The molecule has 0 spiro atoms. The first-order valence-electron chi connectivity index (χ1n) is 9.13. The Morgan fingerprint density at radius 2 is 1.42 bits per heavy atom. The largest absolute Gasteiger partial charge is 0.514 e. The lowest BCUT2D eigenvalue weighted by Crippen LogP contribution is -2.23. The maximum Gasteiger partial charge on any atom is 0.514 e. The summed E-state index contributed by atoms with van der Waals surface area (Å²) >= 11 is 0. The molecule has 4 rings (SSSR count). The number of carbonyl (C=O) groups is 1. The van der Waals surface area contributed by atoms with E-state index in [0.717, 1.165) is 6.42 Å². The third kappa shape index (κ3) is 3.48. The second-order valence-electron chi connectivity index (χ2n) is 9.00. The second-order valence-corrected chi connectivity index (χ2v) is 9.00. The number of hydrogen-bond acceptors (Lipinski definition) is 3. The Labute approximate surface area is 156 Å². The fourth-order valence-corrected chi connectivity index (χ4v) is 3.80. The molecule has 2 aromatic carbocycles. The van der Waals surface area contributed by atoms with Gasteiger partial charge in [0, 0.05) is 0 Å². The van der Waals surface area contributed by atoms with Gasteiger partial charge in [0.15, 0.2) is 0 Å². The summed E-state index contributed by atoms with van der Waals surface area (Å²) in [6, 6.07) is 13.6. The Morgan fingerprint density at radius 1 is 0.808 bits per heavy atom. The van der Waals surface area contributed by atoms with Crippen LogP contribution in [0.25, 0.3) is 11.1 Å². The highest BCUT2D eigenvalue weighted by Crippen LogP contribution is 2.45. The maximum absolute atomic E-state index is 9.45. The van der Waals surface area contributed by atoms with Gasteiger partial charge in [-0.15, -0.1) is 0 Å². The molecular formula is C23H28O3. The van der Waals surface area contributed by atoms with Crippen LogP contribution in [-0.4, -0.2) is 12.9 Å². The van der Waals surface area contributed by atoms with Crippen LogP contribution in [0.1, 0.15) is 63.8 Å². The van der Waals surface area contributed by atoms with Crippen LogP contribution in [0.5, 0.6) is 0 Å². The van der Waals surface area contributed by atoms with Gasteiger partial charge >= 0.3 is 6.16 Å². The fraction of sp³-hybridized carbons (Fsp3) is 0.435. The van der Waals surface area contributed by atoms with E-state index < -0.39 is 6.16 Å². The van der Waals surface area contributed by atoms with E-state index in [4.69, 9.17) is 0 Å². The summed E-state index contributed by atoms with van der Waals surface area (Å²) in [7, 11) is 0. The van der Waals surface area contributed by atoms with E-state index in [1.165, 1.54) is 22.3 Å². The molecule has 2 aromatic rings. The number of benzene rings is 2. The monoisotopic (exact) mass is 352 g/mol. The SMILES string of the molecule is CC(C)(C)c1ccc2c(c1C(C)(C)C)Cc1ccccc1-2.O=C1OCO1. The normalized spacial score (nSPS) is 14.9. The minimum atomic E-state index is -0.565. The van der Waals surface area contributed by atoms with Crippen LogP contribution in [-0.2, 0) is 26.7 Å². The molecule has 1 heterocycles. The summed E-state index contributed by atoms with van der Waals surface area (Å²) in [4.78, 5) is 9.45. The van der Waals surface area contributed by atoms with Crippen molar-refractivity contribution >= 4 is 6.16 Å². The summed E-state index contributed by atoms with van der Waals surface area (Å²) in [6.07, 6.45) is 0.521. The number of fused-ring (bicyclic) bond motifs is 3. The van der Waals surface area contributed by atoms with Crippen LogP contribution in [0.2, 0.25) is 0 Å².